The van der Waals surface area contributed by atoms with Gasteiger partial charge in [0, 0.05) is 54.3 Å². The summed E-state index contributed by atoms with van der Waals surface area (Å²) in [5, 5.41) is 8.21. The Morgan fingerprint density at radius 3 is 2.48 bits per heavy atom. The number of aryl methyl sites for hydroxylation is 3. The summed E-state index contributed by atoms with van der Waals surface area (Å²) in [6.45, 7) is 9.08. The van der Waals surface area contributed by atoms with Gasteiger partial charge in [0.2, 0.25) is 0 Å². The fourth-order valence-electron chi connectivity index (χ4n) is 3.57. The lowest BCUT2D eigenvalue weighted by atomic mass is 10.1. The van der Waals surface area contributed by atoms with Crippen LogP contribution in [0.1, 0.15) is 35.4 Å². The van der Waals surface area contributed by atoms with E-state index in [0.29, 0.717) is 5.41 Å². The molecule has 0 radical (unpaired) electrons. The minimum atomic E-state index is 0.353. The van der Waals surface area contributed by atoms with Crippen LogP contribution in [0.3, 0.4) is 0 Å². The largest absolute Gasteiger partial charge is 0.312 e. The predicted octanol–water partition coefficient (Wildman–Crippen LogP) is 3.84. The van der Waals surface area contributed by atoms with Gasteiger partial charge in [-0.2, -0.15) is 5.10 Å². The van der Waals surface area contributed by atoms with Crippen molar-refractivity contribution in [2.75, 3.05) is 6.54 Å². The van der Waals surface area contributed by atoms with Crippen LogP contribution in [-0.4, -0.2) is 26.3 Å². The third-order valence-corrected chi connectivity index (χ3v) is 5.36. The monoisotopic (exact) mass is 361 g/mol. The van der Waals surface area contributed by atoms with Gasteiger partial charge in [0.15, 0.2) is 5.82 Å². The highest BCUT2D eigenvalue weighted by Gasteiger charge is 2.42. The molecule has 0 amide bonds. The first-order chi connectivity index (χ1) is 13.0. The molecule has 5 heteroatoms. The van der Waals surface area contributed by atoms with Gasteiger partial charge in [-0.25, -0.2) is 9.97 Å². The van der Waals surface area contributed by atoms with E-state index in [-0.39, 0.29) is 0 Å². The van der Waals surface area contributed by atoms with Crippen molar-refractivity contribution in [1.29, 1.82) is 0 Å². The van der Waals surface area contributed by atoms with E-state index >= 15 is 0 Å². The molecule has 27 heavy (non-hydrogen) atoms. The molecule has 0 unspecified atom stereocenters. The molecule has 0 bridgehead atoms. The first-order valence-electron chi connectivity index (χ1n) is 9.63. The van der Waals surface area contributed by atoms with E-state index in [4.69, 9.17) is 0 Å². The lowest BCUT2D eigenvalue weighted by Crippen LogP contribution is -2.28. The van der Waals surface area contributed by atoms with Crippen LogP contribution >= 0.6 is 0 Å². The SMILES string of the molecule is Cc1cccc(-c2ncc(CNCC3(Cn4nc(C)cc4C)CC3)cn2)c1. The third kappa shape index (κ3) is 4.25. The van der Waals surface area contributed by atoms with Crippen LogP contribution in [0.4, 0.5) is 0 Å². The molecular weight excluding hydrogens is 334 g/mol. The van der Waals surface area contributed by atoms with E-state index in [1.54, 1.807) is 0 Å². The predicted molar refractivity (Wildman–Crippen MR) is 107 cm³/mol. The van der Waals surface area contributed by atoms with Gasteiger partial charge in [-0.1, -0.05) is 23.8 Å². The van der Waals surface area contributed by atoms with E-state index in [0.717, 1.165) is 42.3 Å². The maximum Gasteiger partial charge on any atom is 0.159 e. The Labute approximate surface area is 160 Å². The fourth-order valence-corrected chi connectivity index (χ4v) is 3.57. The molecule has 1 aromatic carbocycles. The van der Waals surface area contributed by atoms with Crippen molar-refractivity contribution in [3.05, 3.63) is 65.2 Å². The highest BCUT2D eigenvalue weighted by Crippen LogP contribution is 2.46. The number of rotatable bonds is 7. The molecule has 4 rings (SSSR count). The van der Waals surface area contributed by atoms with E-state index in [2.05, 4.69) is 70.1 Å². The average molecular weight is 361 g/mol. The zero-order chi connectivity index (χ0) is 18.9. The second-order valence-electron chi connectivity index (χ2n) is 7.97. The van der Waals surface area contributed by atoms with Crippen molar-refractivity contribution in [3.63, 3.8) is 0 Å². The summed E-state index contributed by atoms with van der Waals surface area (Å²) in [5.74, 6) is 0.783. The topological polar surface area (TPSA) is 55.6 Å². The molecule has 0 saturated heterocycles. The van der Waals surface area contributed by atoms with Crippen molar-refractivity contribution < 1.29 is 0 Å². The maximum atomic E-state index is 4.62. The number of aromatic nitrogens is 4. The Bertz CT molecular complexity index is 922. The minimum Gasteiger partial charge on any atom is -0.312 e. The van der Waals surface area contributed by atoms with E-state index in [9.17, 15) is 0 Å². The van der Waals surface area contributed by atoms with E-state index in [1.807, 2.05) is 18.5 Å². The molecule has 1 saturated carbocycles. The summed E-state index contributed by atoms with van der Waals surface area (Å²) in [6.07, 6.45) is 6.39. The van der Waals surface area contributed by atoms with Gasteiger partial charge in [0.1, 0.15) is 0 Å². The number of benzene rings is 1. The summed E-state index contributed by atoms with van der Waals surface area (Å²) in [6, 6.07) is 10.4. The fraction of sp³-hybridized carbons (Fsp3) is 0.409. The molecule has 1 aliphatic rings. The lowest BCUT2D eigenvalue weighted by Gasteiger charge is -2.17. The molecular formula is C22H27N5. The summed E-state index contributed by atoms with van der Waals surface area (Å²) in [4.78, 5) is 9.08. The Morgan fingerprint density at radius 2 is 1.85 bits per heavy atom. The average Bonchev–Trinajstić information content (AvgIpc) is 3.33. The highest BCUT2D eigenvalue weighted by atomic mass is 15.3. The van der Waals surface area contributed by atoms with Crippen LogP contribution < -0.4 is 5.32 Å². The number of nitrogens with zero attached hydrogens (tertiary/aromatic N) is 4. The summed E-state index contributed by atoms with van der Waals surface area (Å²) >= 11 is 0. The van der Waals surface area contributed by atoms with Gasteiger partial charge in [0.05, 0.1) is 5.69 Å². The molecule has 0 atom stereocenters. The van der Waals surface area contributed by atoms with Gasteiger partial charge in [-0.05, 0) is 45.7 Å². The van der Waals surface area contributed by atoms with Crippen molar-refractivity contribution >= 4 is 0 Å². The van der Waals surface area contributed by atoms with Gasteiger partial charge in [-0.15, -0.1) is 0 Å². The second kappa shape index (κ2) is 7.24. The maximum absolute atomic E-state index is 4.62. The number of nitrogens with one attached hydrogen (secondary N) is 1. The Hall–Kier alpha value is -2.53. The quantitative estimate of drug-likeness (QED) is 0.695. The number of hydrogen-bond donors (Lipinski definition) is 1. The zero-order valence-corrected chi connectivity index (χ0v) is 16.4. The Balaban J connectivity index is 1.32. The third-order valence-electron chi connectivity index (χ3n) is 5.36. The van der Waals surface area contributed by atoms with Crippen molar-refractivity contribution in [2.24, 2.45) is 5.41 Å². The summed E-state index contributed by atoms with van der Waals surface area (Å²) < 4.78 is 2.16. The highest BCUT2D eigenvalue weighted by molar-refractivity contribution is 5.55. The van der Waals surface area contributed by atoms with Crippen molar-refractivity contribution in [1.82, 2.24) is 25.1 Å². The molecule has 0 spiro atoms. The van der Waals surface area contributed by atoms with Crippen molar-refractivity contribution in [3.8, 4) is 11.4 Å². The molecule has 140 valence electrons. The van der Waals surface area contributed by atoms with Crippen molar-refractivity contribution in [2.45, 2.75) is 46.7 Å². The van der Waals surface area contributed by atoms with Crippen LogP contribution in [-0.2, 0) is 13.1 Å². The molecule has 1 N–H and O–H groups in total. The first kappa shape index (κ1) is 17.9. The smallest absolute Gasteiger partial charge is 0.159 e. The van der Waals surface area contributed by atoms with Gasteiger partial charge < -0.3 is 5.32 Å². The summed E-state index contributed by atoms with van der Waals surface area (Å²) in [5.41, 5.74) is 6.11. The minimum absolute atomic E-state index is 0.353. The van der Waals surface area contributed by atoms with Gasteiger partial charge in [-0.3, -0.25) is 4.68 Å². The lowest BCUT2D eigenvalue weighted by molar-refractivity contribution is 0.367. The standard InChI is InChI=1S/C22H27N5/c1-16-5-4-6-20(9-16)21-24-12-19(13-25-21)11-23-14-22(7-8-22)15-27-18(3)10-17(2)26-27/h4-6,9-10,12-13,23H,7-8,11,14-15H2,1-3H3. The number of hydrogen-bond acceptors (Lipinski definition) is 4. The van der Waals surface area contributed by atoms with Crippen LogP contribution in [0.25, 0.3) is 11.4 Å². The van der Waals surface area contributed by atoms with Crippen LogP contribution in [0.2, 0.25) is 0 Å². The van der Waals surface area contributed by atoms with Gasteiger partial charge >= 0.3 is 0 Å². The van der Waals surface area contributed by atoms with E-state index in [1.165, 1.54) is 24.1 Å². The second-order valence-corrected chi connectivity index (χ2v) is 7.97. The normalized spacial score (nSPS) is 15.1. The Morgan fingerprint density at radius 1 is 1.07 bits per heavy atom. The van der Waals surface area contributed by atoms with Crippen LogP contribution in [0.5, 0.6) is 0 Å². The van der Waals surface area contributed by atoms with Crippen LogP contribution in [0, 0.1) is 26.2 Å². The van der Waals surface area contributed by atoms with E-state index < -0.39 is 0 Å². The Kier molecular flexibility index (Phi) is 4.79. The summed E-state index contributed by atoms with van der Waals surface area (Å²) in [7, 11) is 0. The molecule has 1 aliphatic carbocycles. The molecule has 2 heterocycles. The molecule has 2 aromatic heterocycles. The first-order valence-corrected chi connectivity index (χ1v) is 9.63. The van der Waals surface area contributed by atoms with Crippen LogP contribution in [0.15, 0.2) is 42.7 Å². The molecule has 3 aromatic rings. The molecule has 0 aliphatic heterocycles. The molecule has 5 nitrogen and oxygen atoms in total. The van der Waals surface area contributed by atoms with Gasteiger partial charge in [0.25, 0.3) is 0 Å². The zero-order valence-electron chi connectivity index (χ0n) is 16.4. The molecule has 1 fully saturated rings.